The van der Waals surface area contributed by atoms with Crippen molar-refractivity contribution < 1.29 is 23.4 Å². The van der Waals surface area contributed by atoms with Gasteiger partial charge in [0.05, 0.1) is 24.3 Å². The molecule has 0 saturated heterocycles. The van der Waals surface area contributed by atoms with E-state index in [9.17, 15) is 9.59 Å². The number of aryl methyl sites for hydroxylation is 1. The van der Waals surface area contributed by atoms with Crippen LogP contribution in [0, 0.1) is 0 Å². The van der Waals surface area contributed by atoms with E-state index in [0.29, 0.717) is 46.4 Å². The van der Waals surface area contributed by atoms with Crippen LogP contribution in [0.2, 0.25) is 0 Å². The van der Waals surface area contributed by atoms with Gasteiger partial charge in [-0.25, -0.2) is 4.79 Å². The Morgan fingerprint density at radius 1 is 1.26 bits per heavy atom. The van der Waals surface area contributed by atoms with Crippen LogP contribution in [-0.2, 0) is 11.2 Å². The van der Waals surface area contributed by atoms with E-state index < -0.39 is 5.63 Å². The van der Waals surface area contributed by atoms with Gasteiger partial charge in [0, 0.05) is 12.5 Å². The number of methoxy groups -OCH3 is 1. The van der Waals surface area contributed by atoms with Crippen molar-refractivity contribution >= 4 is 16.8 Å². The number of ether oxygens (including phenoxy) is 3. The van der Waals surface area contributed by atoms with Crippen LogP contribution >= 0.6 is 0 Å². The summed E-state index contributed by atoms with van der Waals surface area (Å²) in [6.07, 6.45) is 3.66. The Labute approximate surface area is 130 Å². The van der Waals surface area contributed by atoms with Gasteiger partial charge in [-0.1, -0.05) is 0 Å². The standard InChI is InChI=1S/C17H12O6/c1-20-10-6-11-14(15-9(22-11)4-5-21-15)16-13(10)7-2-3-8(18)12(7)17(19)23-16/h4-6,9,15H,2-3H2,1H3. The Kier molecular flexibility index (Phi) is 2.30. The fourth-order valence-electron chi connectivity index (χ4n) is 3.70. The number of rotatable bonds is 1. The monoisotopic (exact) mass is 312 g/mol. The minimum Gasteiger partial charge on any atom is -0.496 e. The molecule has 0 N–H and O–H groups in total. The van der Waals surface area contributed by atoms with Crippen molar-refractivity contribution in [3.8, 4) is 11.5 Å². The molecule has 0 bridgehead atoms. The van der Waals surface area contributed by atoms with Crippen LogP contribution in [0.1, 0.15) is 34.0 Å². The predicted molar refractivity (Wildman–Crippen MR) is 79.1 cm³/mol. The van der Waals surface area contributed by atoms with Crippen LogP contribution in [0.15, 0.2) is 27.6 Å². The highest BCUT2D eigenvalue weighted by Crippen LogP contribution is 2.50. The number of fused-ring (bicyclic) bond motifs is 7. The lowest BCUT2D eigenvalue weighted by Gasteiger charge is -2.13. The zero-order chi connectivity index (χ0) is 15.7. The Balaban J connectivity index is 1.93. The summed E-state index contributed by atoms with van der Waals surface area (Å²) >= 11 is 0. The van der Waals surface area contributed by atoms with Crippen LogP contribution < -0.4 is 15.1 Å². The van der Waals surface area contributed by atoms with Crippen molar-refractivity contribution in [2.75, 3.05) is 7.11 Å². The number of benzene rings is 1. The first-order valence-electron chi connectivity index (χ1n) is 7.41. The Morgan fingerprint density at radius 2 is 2.13 bits per heavy atom. The van der Waals surface area contributed by atoms with Crippen molar-refractivity contribution in [3.05, 3.63) is 45.5 Å². The molecule has 1 aromatic heterocycles. The molecular formula is C17H12O6. The van der Waals surface area contributed by atoms with E-state index >= 15 is 0 Å². The lowest BCUT2D eigenvalue weighted by molar-refractivity contribution is 0.0991. The second-order valence-corrected chi connectivity index (χ2v) is 5.83. The number of ketones is 1. The molecule has 1 aliphatic carbocycles. The van der Waals surface area contributed by atoms with Crippen LogP contribution in [-0.4, -0.2) is 19.0 Å². The van der Waals surface area contributed by atoms with Gasteiger partial charge in [-0.15, -0.1) is 0 Å². The molecule has 0 saturated carbocycles. The van der Waals surface area contributed by atoms with Gasteiger partial charge in [0.1, 0.15) is 17.1 Å². The summed E-state index contributed by atoms with van der Waals surface area (Å²) in [4.78, 5) is 24.3. The SMILES string of the molecule is COc1cc2c(c3oc(=O)c4c(c13)CCC4=O)C1OC=CC1O2. The minimum atomic E-state index is -0.597. The van der Waals surface area contributed by atoms with Gasteiger partial charge in [0.2, 0.25) is 0 Å². The summed E-state index contributed by atoms with van der Waals surface area (Å²) in [6.45, 7) is 0. The summed E-state index contributed by atoms with van der Waals surface area (Å²) in [5.41, 5.74) is 1.36. The third-order valence-electron chi connectivity index (χ3n) is 4.69. The van der Waals surface area contributed by atoms with E-state index in [-0.39, 0.29) is 23.6 Å². The zero-order valence-corrected chi connectivity index (χ0v) is 12.3. The fourth-order valence-corrected chi connectivity index (χ4v) is 3.70. The first-order valence-corrected chi connectivity index (χ1v) is 7.41. The molecule has 3 heterocycles. The van der Waals surface area contributed by atoms with Crippen LogP contribution in [0.25, 0.3) is 11.0 Å². The maximum Gasteiger partial charge on any atom is 0.347 e. The largest absolute Gasteiger partial charge is 0.496 e. The maximum atomic E-state index is 12.3. The molecule has 0 spiro atoms. The highest BCUT2D eigenvalue weighted by atomic mass is 16.6. The van der Waals surface area contributed by atoms with Crippen LogP contribution in [0.5, 0.6) is 11.5 Å². The summed E-state index contributed by atoms with van der Waals surface area (Å²) in [5.74, 6) is 0.949. The summed E-state index contributed by atoms with van der Waals surface area (Å²) < 4.78 is 22.4. The second-order valence-electron chi connectivity index (χ2n) is 5.83. The smallest absolute Gasteiger partial charge is 0.347 e. The molecule has 116 valence electrons. The van der Waals surface area contributed by atoms with Gasteiger partial charge >= 0.3 is 5.63 Å². The molecule has 2 unspecified atom stereocenters. The normalized spacial score (nSPS) is 23.4. The molecule has 2 atom stereocenters. The molecule has 23 heavy (non-hydrogen) atoms. The minimum absolute atomic E-state index is 0.150. The predicted octanol–water partition coefficient (Wildman–Crippen LogP) is 2.28. The van der Waals surface area contributed by atoms with Crippen LogP contribution in [0.4, 0.5) is 0 Å². The molecular weight excluding hydrogens is 300 g/mol. The lowest BCUT2D eigenvalue weighted by Crippen LogP contribution is -2.13. The number of hydrogen-bond acceptors (Lipinski definition) is 6. The third-order valence-corrected chi connectivity index (χ3v) is 4.69. The lowest BCUT2D eigenvalue weighted by atomic mass is 9.99. The Morgan fingerprint density at radius 3 is 2.96 bits per heavy atom. The highest BCUT2D eigenvalue weighted by molar-refractivity contribution is 6.06. The molecule has 2 aromatic rings. The fraction of sp³-hybridized carbons (Fsp3) is 0.294. The van der Waals surface area contributed by atoms with Crippen molar-refractivity contribution in [1.29, 1.82) is 0 Å². The highest BCUT2D eigenvalue weighted by Gasteiger charge is 2.42. The van der Waals surface area contributed by atoms with Gasteiger partial charge < -0.3 is 18.6 Å². The molecule has 6 heteroatoms. The molecule has 3 aliphatic rings. The van der Waals surface area contributed by atoms with E-state index in [2.05, 4.69) is 0 Å². The summed E-state index contributed by atoms with van der Waals surface area (Å²) in [5, 5.41) is 0.673. The zero-order valence-electron chi connectivity index (χ0n) is 12.3. The molecule has 2 aliphatic heterocycles. The number of hydrogen-bond donors (Lipinski definition) is 0. The number of Topliss-reactive ketones (excluding diaryl/α,β-unsaturated/α-hetero) is 1. The van der Waals surface area contributed by atoms with E-state index in [1.165, 1.54) is 0 Å². The van der Waals surface area contributed by atoms with Crippen molar-refractivity contribution in [1.82, 2.24) is 0 Å². The summed E-state index contributed by atoms with van der Waals surface area (Å²) in [7, 11) is 1.54. The van der Waals surface area contributed by atoms with Gasteiger partial charge in [-0.05, 0) is 18.1 Å². The third kappa shape index (κ3) is 1.48. The molecule has 1 aromatic carbocycles. The van der Waals surface area contributed by atoms with Crippen LogP contribution in [0.3, 0.4) is 0 Å². The molecule has 5 rings (SSSR count). The topological polar surface area (TPSA) is 75.0 Å². The Hall–Kier alpha value is -2.76. The first-order chi connectivity index (χ1) is 11.2. The van der Waals surface area contributed by atoms with E-state index in [1.54, 1.807) is 19.4 Å². The first kappa shape index (κ1) is 12.8. The van der Waals surface area contributed by atoms with Crippen molar-refractivity contribution in [2.24, 2.45) is 0 Å². The number of carbonyl (C=O) groups is 1. The average molecular weight is 312 g/mol. The Bertz CT molecular complexity index is 967. The van der Waals surface area contributed by atoms with Crippen molar-refractivity contribution in [3.63, 3.8) is 0 Å². The van der Waals surface area contributed by atoms with Gasteiger partial charge in [-0.3, -0.25) is 4.79 Å². The maximum absolute atomic E-state index is 12.3. The quantitative estimate of drug-likeness (QED) is 0.752. The van der Waals surface area contributed by atoms with E-state index in [4.69, 9.17) is 18.6 Å². The van der Waals surface area contributed by atoms with Gasteiger partial charge in [0.15, 0.2) is 23.6 Å². The number of carbonyl (C=O) groups excluding carboxylic acids is 1. The molecule has 6 nitrogen and oxygen atoms in total. The molecule has 0 fully saturated rings. The van der Waals surface area contributed by atoms with Crippen molar-refractivity contribution in [2.45, 2.75) is 25.0 Å². The van der Waals surface area contributed by atoms with E-state index in [1.807, 2.05) is 6.08 Å². The van der Waals surface area contributed by atoms with E-state index in [0.717, 1.165) is 0 Å². The van der Waals surface area contributed by atoms with Gasteiger partial charge in [0.25, 0.3) is 0 Å². The van der Waals surface area contributed by atoms with Gasteiger partial charge in [-0.2, -0.15) is 0 Å². The molecule has 0 amide bonds. The molecule has 0 radical (unpaired) electrons. The second kappa shape index (κ2) is 4.16. The summed E-state index contributed by atoms with van der Waals surface area (Å²) in [6, 6.07) is 1.77. The average Bonchev–Trinajstić information content (AvgIpc) is 3.20.